The molecule has 1 atom stereocenters. The van der Waals surface area contributed by atoms with E-state index in [0.717, 1.165) is 37.4 Å². The van der Waals surface area contributed by atoms with Crippen LogP contribution < -0.4 is 4.74 Å². The molecule has 0 amide bonds. The maximum absolute atomic E-state index is 9.64. The molecule has 0 spiro atoms. The van der Waals surface area contributed by atoms with Crippen LogP contribution in [0.2, 0.25) is 0 Å². The lowest BCUT2D eigenvalue weighted by molar-refractivity contribution is -0.0406. The Bertz CT molecular complexity index is 385. The topological polar surface area (TPSA) is 38.7 Å². The van der Waals surface area contributed by atoms with Crippen molar-refractivity contribution in [3.63, 3.8) is 0 Å². The molecule has 1 aromatic carbocycles. The lowest BCUT2D eigenvalue weighted by Crippen LogP contribution is -2.29. The molecule has 1 unspecified atom stereocenters. The van der Waals surface area contributed by atoms with Gasteiger partial charge in [0.25, 0.3) is 0 Å². The standard InChI is InChI=1S/C15H22O3/c1-3-11-4-5-15(17-2)14(7-11)13(8-16)6-12-9-18-10-12/h4-5,7,12-13,16H,3,6,8-10H2,1-2H3. The van der Waals surface area contributed by atoms with Gasteiger partial charge in [0.05, 0.1) is 26.9 Å². The molecule has 1 heterocycles. The van der Waals surface area contributed by atoms with Gasteiger partial charge in [-0.3, -0.25) is 0 Å². The summed E-state index contributed by atoms with van der Waals surface area (Å²) in [6.45, 7) is 3.96. The van der Waals surface area contributed by atoms with E-state index in [0.29, 0.717) is 5.92 Å². The summed E-state index contributed by atoms with van der Waals surface area (Å²) in [5, 5.41) is 9.64. The Morgan fingerprint density at radius 2 is 2.22 bits per heavy atom. The summed E-state index contributed by atoms with van der Waals surface area (Å²) >= 11 is 0. The third-order valence-corrected chi connectivity index (χ3v) is 3.69. The van der Waals surface area contributed by atoms with E-state index in [1.165, 1.54) is 5.56 Å². The molecule has 0 bridgehead atoms. The third kappa shape index (κ3) is 2.85. The number of hydrogen-bond donors (Lipinski definition) is 1. The summed E-state index contributed by atoms with van der Waals surface area (Å²) in [6.07, 6.45) is 1.97. The summed E-state index contributed by atoms with van der Waals surface area (Å²) in [4.78, 5) is 0. The van der Waals surface area contributed by atoms with Gasteiger partial charge in [-0.15, -0.1) is 0 Å². The normalized spacial score (nSPS) is 17.3. The van der Waals surface area contributed by atoms with Gasteiger partial charge in [-0.25, -0.2) is 0 Å². The fourth-order valence-electron chi connectivity index (χ4n) is 2.45. The van der Waals surface area contributed by atoms with Crippen LogP contribution in [0.15, 0.2) is 18.2 Å². The monoisotopic (exact) mass is 250 g/mol. The van der Waals surface area contributed by atoms with Gasteiger partial charge in [0.15, 0.2) is 0 Å². The van der Waals surface area contributed by atoms with Crippen molar-refractivity contribution in [1.82, 2.24) is 0 Å². The van der Waals surface area contributed by atoms with Gasteiger partial charge in [0, 0.05) is 11.8 Å². The lowest BCUT2D eigenvalue weighted by atomic mass is 9.87. The van der Waals surface area contributed by atoms with E-state index >= 15 is 0 Å². The summed E-state index contributed by atoms with van der Waals surface area (Å²) in [7, 11) is 1.69. The second kappa shape index (κ2) is 6.21. The SMILES string of the molecule is CCc1ccc(OC)c(C(CO)CC2COC2)c1. The van der Waals surface area contributed by atoms with Crippen LogP contribution in [0.4, 0.5) is 0 Å². The number of aliphatic hydroxyl groups is 1. The smallest absolute Gasteiger partial charge is 0.122 e. The molecular formula is C15H22O3. The third-order valence-electron chi connectivity index (χ3n) is 3.69. The molecular weight excluding hydrogens is 228 g/mol. The van der Waals surface area contributed by atoms with E-state index in [1.807, 2.05) is 6.07 Å². The quantitative estimate of drug-likeness (QED) is 0.842. The average Bonchev–Trinajstić information content (AvgIpc) is 2.37. The number of benzene rings is 1. The van der Waals surface area contributed by atoms with Crippen molar-refractivity contribution in [2.24, 2.45) is 5.92 Å². The Kier molecular flexibility index (Phi) is 4.61. The first-order valence-corrected chi connectivity index (χ1v) is 6.63. The Morgan fingerprint density at radius 3 is 2.72 bits per heavy atom. The molecule has 0 aliphatic carbocycles. The summed E-state index contributed by atoms with van der Waals surface area (Å²) in [5.74, 6) is 1.61. The van der Waals surface area contributed by atoms with Crippen molar-refractivity contribution in [1.29, 1.82) is 0 Å². The second-order valence-corrected chi connectivity index (χ2v) is 4.95. The number of ether oxygens (including phenoxy) is 2. The molecule has 3 nitrogen and oxygen atoms in total. The van der Waals surface area contributed by atoms with Crippen LogP contribution in [-0.4, -0.2) is 32.0 Å². The van der Waals surface area contributed by atoms with E-state index < -0.39 is 0 Å². The fourth-order valence-corrected chi connectivity index (χ4v) is 2.45. The number of methoxy groups -OCH3 is 1. The Labute approximate surface area is 109 Å². The first-order valence-electron chi connectivity index (χ1n) is 6.63. The molecule has 0 saturated carbocycles. The second-order valence-electron chi connectivity index (χ2n) is 4.95. The maximum Gasteiger partial charge on any atom is 0.122 e. The molecule has 1 N–H and O–H groups in total. The van der Waals surface area contributed by atoms with E-state index in [1.54, 1.807) is 7.11 Å². The number of aryl methyl sites for hydroxylation is 1. The highest BCUT2D eigenvalue weighted by Crippen LogP contribution is 2.33. The summed E-state index contributed by atoms with van der Waals surface area (Å²) in [6, 6.07) is 6.26. The molecule has 3 heteroatoms. The van der Waals surface area contributed by atoms with Crippen molar-refractivity contribution in [3.05, 3.63) is 29.3 Å². The molecule has 18 heavy (non-hydrogen) atoms. The van der Waals surface area contributed by atoms with Crippen molar-refractivity contribution < 1.29 is 14.6 Å². The minimum absolute atomic E-state index is 0.153. The summed E-state index contributed by atoms with van der Waals surface area (Å²) < 4.78 is 10.6. The highest BCUT2D eigenvalue weighted by atomic mass is 16.5. The van der Waals surface area contributed by atoms with Gasteiger partial charge in [0.1, 0.15) is 5.75 Å². The van der Waals surface area contributed by atoms with E-state index in [-0.39, 0.29) is 12.5 Å². The van der Waals surface area contributed by atoms with Gasteiger partial charge >= 0.3 is 0 Å². The van der Waals surface area contributed by atoms with E-state index in [9.17, 15) is 5.11 Å². The van der Waals surface area contributed by atoms with Crippen molar-refractivity contribution in [3.8, 4) is 5.75 Å². The van der Waals surface area contributed by atoms with E-state index in [2.05, 4.69) is 19.1 Å². The van der Waals surface area contributed by atoms with Crippen LogP contribution in [0.1, 0.15) is 30.4 Å². The molecule has 1 aromatic rings. The van der Waals surface area contributed by atoms with Crippen LogP contribution >= 0.6 is 0 Å². The molecule has 0 aromatic heterocycles. The van der Waals surface area contributed by atoms with Crippen LogP contribution in [-0.2, 0) is 11.2 Å². The predicted octanol–water partition coefficient (Wildman–Crippen LogP) is 2.37. The van der Waals surface area contributed by atoms with Gasteiger partial charge < -0.3 is 14.6 Å². The zero-order valence-electron chi connectivity index (χ0n) is 11.2. The minimum atomic E-state index is 0.153. The molecule has 100 valence electrons. The Morgan fingerprint density at radius 1 is 1.44 bits per heavy atom. The first kappa shape index (κ1) is 13.4. The van der Waals surface area contributed by atoms with Gasteiger partial charge in [-0.1, -0.05) is 19.1 Å². The predicted molar refractivity (Wildman–Crippen MR) is 71.1 cm³/mol. The van der Waals surface area contributed by atoms with Crippen molar-refractivity contribution in [2.75, 3.05) is 26.9 Å². The van der Waals surface area contributed by atoms with Crippen LogP contribution in [0.25, 0.3) is 0 Å². The molecule has 0 radical (unpaired) electrons. The number of rotatable bonds is 6. The molecule has 1 aliphatic heterocycles. The number of hydrogen-bond acceptors (Lipinski definition) is 3. The van der Waals surface area contributed by atoms with Gasteiger partial charge in [-0.2, -0.15) is 0 Å². The van der Waals surface area contributed by atoms with Crippen LogP contribution in [0.5, 0.6) is 5.75 Å². The zero-order valence-corrected chi connectivity index (χ0v) is 11.2. The highest BCUT2D eigenvalue weighted by Gasteiger charge is 2.25. The first-order chi connectivity index (χ1) is 8.78. The molecule has 1 aliphatic rings. The fraction of sp³-hybridized carbons (Fsp3) is 0.600. The Hall–Kier alpha value is -1.06. The Balaban J connectivity index is 2.20. The van der Waals surface area contributed by atoms with Gasteiger partial charge in [0.2, 0.25) is 0 Å². The van der Waals surface area contributed by atoms with Crippen molar-refractivity contribution in [2.45, 2.75) is 25.7 Å². The van der Waals surface area contributed by atoms with Gasteiger partial charge in [-0.05, 0) is 30.0 Å². The molecule has 1 saturated heterocycles. The maximum atomic E-state index is 9.64. The largest absolute Gasteiger partial charge is 0.496 e. The highest BCUT2D eigenvalue weighted by molar-refractivity contribution is 5.40. The average molecular weight is 250 g/mol. The van der Waals surface area contributed by atoms with Crippen molar-refractivity contribution >= 4 is 0 Å². The molecule has 1 fully saturated rings. The van der Waals surface area contributed by atoms with Crippen LogP contribution in [0, 0.1) is 5.92 Å². The zero-order chi connectivity index (χ0) is 13.0. The minimum Gasteiger partial charge on any atom is -0.496 e. The summed E-state index contributed by atoms with van der Waals surface area (Å²) in [5.41, 5.74) is 2.42. The molecule has 2 rings (SSSR count). The number of aliphatic hydroxyl groups excluding tert-OH is 1. The van der Waals surface area contributed by atoms with E-state index in [4.69, 9.17) is 9.47 Å². The van der Waals surface area contributed by atoms with Crippen LogP contribution in [0.3, 0.4) is 0 Å². The lowest BCUT2D eigenvalue weighted by Gasteiger charge is -2.30.